The predicted octanol–water partition coefficient (Wildman–Crippen LogP) is 4.83. The van der Waals surface area contributed by atoms with Crippen molar-refractivity contribution in [2.75, 3.05) is 5.73 Å². The van der Waals surface area contributed by atoms with E-state index < -0.39 is 0 Å². The minimum absolute atomic E-state index is 0.207. The monoisotopic (exact) mass is 319 g/mol. The Bertz CT molecular complexity index is 617. The zero-order chi connectivity index (χ0) is 13.4. The molecule has 1 heterocycles. The van der Waals surface area contributed by atoms with Crippen LogP contribution in [0.3, 0.4) is 0 Å². The molecule has 6 heteroatoms. The lowest BCUT2D eigenvalue weighted by atomic mass is 10.1. The van der Waals surface area contributed by atoms with Crippen molar-refractivity contribution in [1.29, 1.82) is 0 Å². The van der Waals surface area contributed by atoms with Crippen molar-refractivity contribution < 1.29 is 4.79 Å². The van der Waals surface area contributed by atoms with Gasteiger partial charge in [0.1, 0.15) is 0 Å². The van der Waals surface area contributed by atoms with E-state index in [0.29, 0.717) is 20.5 Å². The first kappa shape index (κ1) is 13.7. The second kappa shape index (κ2) is 5.10. The van der Waals surface area contributed by atoms with Crippen LogP contribution in [0.1, 0.15) is 20.8 Å². The van der Waals surface area contributed by atoms with Crippen LogP contribution in [0, 0.1) is 6.92 Å². The third kappa shape index (κ3) is 2.50. The van der Waals surface area contributed by atoms with Crippen LogP contribution in [0.4, 0.5) is 5.69 Å². The summed E-state index contributed by atoms with van der Waals surface area (Å²) < 4.78 is 0.587. The molecule has 0 unspecified atom stereocenters. The fourth-order valence-corrected chi connectivity index (χ4v) is 3.06. The Kier molecular flexibility index (Phi) is 3.87. The number of anilines is 1. The molecule has 1 aromatic heterocycles. The molecule has 0 radical (unpaired) electrons. The molecule has 0 aliphatic carbocycles. The van der Waals surface area contributed by atoms with E-state index >= 15 is 0 Å². The second-order valence-electron chi connectivity index (χ2n) is 3.76. The quantitative estimate of drug-likeness (QED) is 0.636. The molecule has 2 nitrogen and oxygen atoms in total. The highest BCUT2D eigenvalue weighted by Crippen LogP contribution is 2.33. The van der Waals surface area contributed by atoms with Gasteiger partial charge in [0.05, 0.1) is 19.3 Å². The fraction of sp³-hybridized carbons (Fsp3) is 0.0833. The molecule has 0 fully saturated rings. The third-order valence-corrected chi connectivity index (χ3v) is 4.73. The van der Waals surface area contributed by atoms with Gasteiger partial charge in [0, 0.05) is 11.3 Å². The molecule has 2 aromatic rings. The number of aryl methyl sites for hydroxylation is 1. The van der Waals surface area contributed by atoms with E-state index in [1.807, 2.05) is 6.92 Å². The molecule has 0 aliphatic rings. The maximum atomic E-state index is 12.3. The molecule has 0 atom stereocenters. The number of benzene rings is 1. The first-order valence-corrected chi connectivity index (χ1v) is 6.90. The summed E-state index contributed by atoms with van der Waals surface area (Å²) in [6.07, 6.45) is 0. The minimum atomic E-state index is -0.228. The maximum absolute atomic E-state index is 12.3. The van der Waals surface area contributed by atoms with Crippen LogP contribution in [0.5, 0.6) is 0 Å². The number of thiophene rings is 1. The van der Waals surface area contributed by atoms with Crippen LogP contribution in [-0.4, -0.2) is 5.78 Å². The summed E-state index contributed by atoms with van der Waals surface area (Å²) in [6.45, 7) is 1.84. The lowest BCUT2D eigenvalue weighted by Crippen LogP contribution is -2.01. The number of ketones is 1. The van der Waals surface area contributed by atoms with Crippen molar-refractivity contribution in [3.05, 3.63) is 48.6 Å². The molecule has 0 aliphatic heterocycles. The minimum Gasteiger partial charge on any atom is -0.399 e. The first-order valence-electron chi connectivity index (χ1n) is 4.95. The van der Waals surface area contributed by atoms with Gasteiger partial charge in [-0.05, 0) is 30.7 Å². The summed E-state index contributed by atoms with van der Waals surface area (Å²) in [7, 11) is 0. The van der Waals surface area contributed by atoms with Crippen LogP contribution in [0.15, 0.2) is 18.2 Å². The smallest absolute Gasteiger partial charge is 0.204 e. The van der Waals surface area contributed by atoms with E-state index in [1.54, 1.807) is 6.07 Å². The largest absolute Gasteiger partial charge is 0.399 e. The van der Waals surface area contributed by atoms with Crippen molar-refractivity contribution in [3.63, 3.8) is 0 Å². The van der Waals surface area contributed by atoms with Gasteiger partial charge in [-0.15, -0.1) is 11.3 Å². The Morgan fingerprint density at radius 2 is 1.89 bits per heavy atom. The fourth-order valence-electron chi connectivity index (χ4n) is 1.48. The second-order valence-corrected chi connectivity index (χ2v) is 6.20. The molecule has 0 saturated heterocycles. The lowest BCUT2D eigenvalue weighted by molar-refractivity contribution is 0.104. The van der Waals surface area contributed by atoms with Crippen LogP contribution in [0.2, 0.25) is 14.4 Å². The number of halogens is 3. The van der Waals surface area contributed by atoms with Gasteiger partial charge in [0.25, 0.3) is 0 Å². The summed E-state index contributed by atoms with van der Waals surface area (Å²) in [5.41, 5.74) is 7.21. The topological polar surface area (TPSA) is 43.1 Å². The number of carbonyl (C=O) groups is 1. The molecule has 2 rings (SSSR count). The Labute approximate surface area is 123 Å². The van der Waals surface area contributed by atoms with Gasteiger partial charge in [-0.2, -0.15) is 0 Å². The van der Waals surface area contributed by atoms with Crippen molar-refractivity contribution >= 4 is 57.6 Å². The molecule has 0 saturated carbocycles. The molecular formula is C12H8Cl3NOS. The normalized spacial score (nSPS) is 10.7. The molecule has 1 aromatic carbocycles. The van der Waals surface area contributed by atoms with Crippen molar-refractivity contribution in [3.8, 4) is 0 Å². The van der Waals surface area contributed by atoms with Gasteiger partial charge < -0.3 is 5.73 Å². The van der Waals surface area contributed by atoms with Gasteiger partial charge in [-0.25, -0.2) is 0 Å². The Balaban J connectivity index is 2.52. The average Bonchev–Trinajstić information content (AvgIpc) is 2.63. The van der Waals surface area contributed by atoms with Crippen molar-refractivity contribution in [2.45, 2.75) is 6.92 Å². The van der Waals surface area contributed by atoms with Crippen molar-refractivity contribution in [1.82, 2.24) is 0 Å². The van der Waals surface area contributed by atoms with Gasteiger partial charge in [0.15, 0.2) is 0 Å². The van der Waals surface area contributed by atoms with Gasteiger partial charge >= 0.3 is 0 Å². The molecule has 0 spiro atoms. The van der Waals surface area contributed by atoms with Crippen LogP contribution in [-0.2, 0) is 0 Å². The Morgan fingerprint density at radius 1 is 1.22 bits per heavy atom. The summed E-state index contributed by atoms with van der Waals surface area (Å²) in [5, 5.41) is 0.470. The van der Waals surface area contributed by atoms with Crippen LogP contribution >= 0.6 is 46.1 Å². The van der Waals surface area contributed by atoms with Crippen molar-refractivity contribution in [2.24, 2.45) is 0 Å². The molecular weight excluding hydrogens is 313 g/mol. The maximum Gasteiger partial charge on any atom is 0.204 e. The first-order chi connectivity index (χ1) is 8.40. The highest BCUT2D eigenvalue weighted by molar-refractivity contribution is 7.18. The average molecular weight is 321 g/mol. The van der Waals surface area contributed by atoms with E-state index in [9.17, 15) is 4.79 Å². The van der Waals surface area contributed by atoms with E-state index in [-0.39, 0.29) is 15.8 Å². The van der Waals surface area contributed by atoms with E-state index in [2.05, 4.69) is 0 Å². The Morgan fingerprint density at radius 3 is 2.44 bits per heavy atom. The predicted molar refractivity (Wildman–Crippen MR) is 78.4 cm³/mol. The van der Waals surface area contributed by atoms with E-state index in [0.717, 1.165) is 5.56 Å². The molecule has 0 amide bonds. The lowest BCUT2D eigenvalue weighted by Gasteiger charge is -2.05. The van der Waals surface area contributed by atoms with Crippen LogP contribution < -0.4 is 5.73 Å². The number of hydrogen-bond acceptors (Lipinski definition) is 3. The molecule has 0 bridgehead atoms. The molecule has 2 N–H and O–H groups in total. The number of nitrogens with two attached hydrogens (primary N) is 1. The van der Waals surface area contributed by atoms with E-state index in [1.165, 1.54) is 23.5 Å². The standard InChI is InChI=1S/C12H8Cl3NOS/c1-5-2-9(18-12(5)15)11(17)7-3-6(16)4-8(13)10(7)14/h2-4H,16H2,1H3. The summed E-state index contributed by atoms with van der Waals surface area (Å²) >= 11 is 19.1. The number of rotatable bonds is 2. The highest BCUT2D eigenvalue weighted by atomic mass is 35.5. The van der Waals surface area contributed by atoms with E-state index in [4.69, 9.17) is 40.5 Å². The zero-order valence-electron chi connectivity index (χ0n) is 9.26. The molecule has 94 valence electrons. The van der Waals surface area contributed by atoms with Gasteiger partial charge in [0.2, 0.25) is 5.78 Å². The Hall–Kier alpha value is -0.740. The summed E-state index contributed by atoms with van der Waals surface area (Å²) in [5.74, 6) is -0.228. The number of nitrogen functional groups attached to an aromatic ring is 1. The number of hydrogen-bond donors (Lipinski definition) is 1. The van der Waals surface area contributed by atoms with Gasteiger partial charge in [-0.3, -0.25) is 4.79 Å². The molecule has 18 heavy (non-hydrogen) atoms. The van der Waals surface area contributed by atoms with Crippen LogP contribution in [0.25, 0.3) is 0 Å². The SMILES string of the molecule is Cc1cc(C(=O)c2cc(N)cc(Cl)c2Cl)sc1Cl. The van der Waals surface area contributed by atoms with Gasteiger partial charge in [-0.1, -0.05) is 34.8 Å². The summed E-state index contributed by atoms with van der Waals surface area (Å²) in [6, 6.07) is 4.75. The highest BCUT2D eigenvalue weighted by Gasteiger charge is 2.18. The summed E-state index contributed by atoms with van der Waals surface area (Å²) in [4.78, 5) is 12.8. The third-order valence-electron chi connectivity index (χ3n) is 2.38. The zero-order valence-corrected chi connectivity index (χ0v) is 12.3. The number of carbonyl (C=O) groups excluding carboxylic acids is 1.